The summed E-state index contributed by atoms with van der Waals surface area (Å²) < 4.78 is 0.472. The zero-order chi connectivity index (χ0) is 13.3. The average Bonchev–Trinajstić information content (AvgIpc) is 2.37. The molecule has 1 fully saturated rings. The van der Waals surface area contributed by atoms with E-state index >= 15 is 0 Å². The summed E-state index contributed by atoms with van der Waals surface area (Å²) in [6.45, 7) is 1.09. The highest BCUT2D eigenvalue weighted by Gasteiger charge is 2.36. The molecule has 3 rings (SSSR count). The topological polar surface area (TPSA) is 44.9 Å². The molecule has 0 amide bonds. The van der Waals surface area contributed by atoms with Gasteiger partial charge in [-0.25, -0.2) is 0 Å². The van der Waals surface area contributed by atoms with Gasteiger partial charge in [0.2, 0.25) is 5.56 Å². The van der Waals surface area contributed by atoms with E-state index in [0.29, 0.717) is 10.8 Å². The van der Waals surface area contributed by atoms with Gasteiger partial charge in [-0.05, 0) is 43.9 Å². The fourth-order valence-electron chi connectivity index (χ4n) is 3.25. The Hall–Kier alpha value is -0.740. The summed E-state index contributed by atoms with van der Waals surface area (Å²) in [5.41, 5.74) is 2.48. The molecule has 1 heterocycles. The molecular weight excluding hydrogens is 256 g/mol. The van der Waals surface area contributed by atoms with E-state index in [0.717, 1.165) is 25.1 Å². The highest BCUT2D eigenvalue weighted by Crippen LogP contribution is 2.42. The first-order valence-corrected chi connectivity index (χ1v) is 8.46. The smallest absolute Gasteiger partial charge is 0.248 e. The molecule has 3 nitrogen and oxygen atoms in total. The Labute approximate surface area is 118 Å². The summed E-state index contributed by atoms with van der Waals surface area (Å²) in [6, 6.07) is 4.09. The standard InChI is InChI=1S/C15H22N2OS/c1-19-15(8-3-9-15)10-16-12-4-2-5-13-11(12)6-7-14(18)17-13/h6-7,12,16H,2-5,8-10H2,1H3,(H,17,18). The van der Waals surface area contributed by atoms with E-state index in [4.69, 9.17) is 0 Å². The first-order valence-electron chi connectivity index (χ1n) is 7.23. The first kappa shape index (κ1) is 13.3. The normalized spacial score (nSPS) is 24.6. The van der Waals surface area contributed by atoms with Crippen LogP contribution in [0.1, 0.15) is 49.4 Å². The lowest BCUT2D eigenvalue weighted by molar-refractivity contribution is 0.320. The van der Waals surface area contributed by atoms with Crippen LogP contribution in [0.3, 0.4) is 0 Å². The lowest BCUT2D eigenvalue weighted by Gasteiger charge is -2.42. The molecule has 1 aromatic rings. The molecule has 1 unspecified atom stereocenters. The van der Waals surface area contributed by atoms with E-state index in [2.05, 4.69) is 16.6 Å². The molecule has 0 saturated heterocycles. The first-order chi connectivity index (χ1) is 9.22. The van der Waals surface area contributed by atoms with Crippen LogP contribution in [0.4, 0.5) is 0 Å². The zero-order valence-electron chi connectivity index (χ0n) is 11.5. The third kappa shape index (κ3) is 2.61. The summed E-state index contributed by atoms with van der Waals surface area (Å²) in [5.74, 6) is 0. The van der Waals surface area contributed by atoms with Crippen molar-refractivity contribution in [2.24, 2.45) is 0 Å². The number of aromatic amines is 1. The van der Waals surface area contributed by atoms with Gasteiger partial charge in [-0.2, -0.15) is 11.8 Å². The highest BCUT2D eigenvalue weighted by molar-refractivity contribution is 8.00. The molecule has 2 aliphatic carbocycles. The van der Waals surface area contributed by atoms with Crippen molar-refractivity contribution >= 4 is 11.8 Å². The number of hydrogen-bond donors (Lipinski definition) is 2. The predicted molar refractivity (Wildman–Crippen MR) is 80.8 cm³/mol. The molecule has 0 bridgehead atoms. The number of fused-ring (bicyclic) bond motifs is 1. The van der Waals surface area contributed by atoms with Crippen molar-refractivity contribution in [1.29, 1.82) is 0 Å². The number of thioether (sulfide) groups is 1. The maximum atomic E-state index is 11.4. The van der Waals surface area contributed by atoms with E-state index in [9.17, 15) is 4.79 Å². The van der Waals surface area contributed by atoms with Gasteiger partial charge in [0.25, 0.3) is 0 Å². The number of nitrogens with one attached hydrogen (secondary N) is 2. The minimum atomic E-state index is 0.0268. The Balaban J connectivity index is 1.71. The van der Waals surface area contributed by atoms with E-state index in [-0.39, 0.29) is 5.56 Å². The highest BCUT2D eigenvalue weighted by atomic mass is 32.2. The van der Waals surface area contributed by atoms with E-state index in [1.807, 2.05) is 17.8 Å². The van der Waals surface area contributed by atoms with Gasteiger partial charge in [0.1, 0.15) is 0 Å². The second kappa shape index (κ2) is 5.33. The summed E-state index contributed by atoms with van der Waals surface area (Å²) in [5, 5.41) is 3.75. The molecule has 2 N–H and O–H groups in total. The summed E-state index contributed by atoms with van der Waals surface area (Å²) >= 11 is 2.01. The van der Waals surface area contributed by atoms with Crippen LogP contribution in [0, 0.1) is 0 Å². The molecular formula is C15H22N2OS. The van der Waals surface area contributed by atoms with Gasteiger partial charge in [-0.3, -0.25) is 4.79 Å². The van der Waals surface area contributed by atoms with Crippen molar-refractivity contribution in [1.82, 2.24) is 10.3 Å². The quantitative estimate of drug-likeness (QED) is 0.890. The molecule has 1 aromatic heterocycles. The van der Waals surface area contributed by atoms with Crippen molar-refractivity contribution in [3.63, 3.8) is 0 Å². The van der Waals surface area contributed by atoms with Gasteiger partial charge >= 0.3 is 0 Å². The van der Waals surface area contributed by atoms with Crippen LogP contribution < -0.4 is 10.9 Å². The van der Waals surface area contributed by atoms with Crippen molar-refractivity contribution in [2.45, 2.75) is 49.3 Å². The van der Waals surface area contributed by atoms with Gasteiger partial charge < -0.3 is 10.3 Å². The molecule has 1 saturated carbocycles. The number of pyridine rings is 1. The summed E-state index contributed by atoms with van der Waals surface area (Å²) in [4.78, 5) is 14.4. The van der Waals surface area contributed by atoms with Crippen LogP contribution >= 0.6 is 11.8 Å². The average molecular weight is 278 g/mol. The van der Waals surface area contributed by atoms with Crippen molar-refractivity contribution in [2.75, 3.05) is 12.8 Å². The lowest BCUT2D eigenvalue weighted by Crippen LogP contribution is -2.45. The minimum absolute atomic E-state index is 0.0268. The van der Waals surface area contributed by atoms with E-state index in [1.165, 1.54) is 31.2 Å². The van der Waals surface area contributed by atoms with Crippen LogP contribution in [-0.4, -0.2) is 22.5 Å². The molecule has 1 atom stereocenters. The fourth-order valence-corrected chi connectivity index (χ4v) is 4.17. The molecule has 4 heteroatoms. The largest absolute Gasteiger partial charge is 0.326 e. The number of H-pyrrole nitrogens is 1. The number of rotatable bonds is 4. The van der Waals surface area contributed by atoms with E-state index < -0.39 is 0 Å². The predicted octanol–water partition coefficient (Wildman–Crippen LogP) is 2.63. The third-order valence-corrected chi connectivity index (χ3v) is 6.12. The second-order valence-corrected chi connectivity index (χ2v) is 7.10. The third-order valence-electron chi connectivity index (χ3n) is 4.70. The Morgan fingerprint density at radius 3 is 2.95 bits per heavy atom. The molecule has 19 heavy (non-hydrogen) atoms. The van der Waals surface area contributed by atoms with Crippen LogP contribution in [-0.2, 0) is 6.42 Å². The monoisotopic (exact) mass is 278 g/mol. The van der Waals surface area contributed by atoms with Gasteiger partial charge in [-0.15, -0.1) is 0 Å². The van der Waals surface area contributed by atoms with Gasteiger partial charge in [0.15, 0.2) is 0 Å². The molecule has 104 valence electrons. The summed E-state index contributed by atoms with van der Waals surface area (Å²) in [6.07, 6.45) is 9.64. The van der Waals surface area contributed by atoms with Gasteiger partial charge in [0, 0.05) is 29.1 Å². The molecule has 0 aliphatic heterocycles. The van der Waals surface area contributed by atoms with Gasteiger partial charge in [-0.1, -0.05) is 12.5 Å². The van der Waals surface area contributed by atoms with Crippen LogP contribution in [0.15, 0.2) is 16.9 Å². The van der Waals surface area contributed by atoms with Crippen LogP contribution in [0.25, 0.3) is 0 Å². The molecule has 0 aromatic carbocycles. The SMILES string of the molecule is CSC1(CNC2CCCc3[nH]c(=O)ccc32)CCC1. The maximum Gasteiger partial charge on any atom is 0.248 e. The van der Waals surface area contributed by atoms with Crippen molar-refractivity contribution in [3.8, 4) is 0 Å². The fraction of sp³-hybridized carbons (Fsp3) is 0.667. The Kier molecular flexibility index (Phi) is 3.72. The van der Waals surface area contributed by atoms with E-state index in [1.54, 1.807) is 6.07 Å². The molecule has 0 radical (unpaired) electrons. The zero-order valence-corrected chi connectivity index (χ0v) is 12.3. The van der Waals surface area contributed by atoms with Crippen LogP contribution in [0.2, 0.25) is 0 Å². The number of aryl methyl sites for hydroxylation is 1. The van der Waals surface area contributed by atoms with Crippen molar-refractivity contribution in [3.05, 3.63) is 33.7 Å². The Morgan fingerprint density at radius 2 is 2.26 bits per heavy atom. The second-order valence-electron chi connectivity index (χ2n) is 5.82. The number of hydrogen-bond acceptors (Lipinski definition) is 3. The van der Waals surface area contributed by atoms with Crippen molar-refractivity contribution < 1.29 is 0 Å². The maximum absolute atomic E-state index is 11.4. The molecule has 2 aliphatic rings. The lowest BCUT2D eigenvalue weighted by atomic mass is 9.83. The van der Waals surface area contributed by atoms with Crippen LogP contribution in [0.5, 0.6) is 0 Å². The van der Waals surface area contributed by atoms with Gasteiger partial charge in [0.05, 0.1) is 0 Å². The minimum Gasteiger partial charge on any atom is -0.326 e. The molecule has 0 spiro atoms. The Morgan fingerprint density at radius 1 is 1.42 bits per heavy atom. The Bertz CT molecular complexity index is 502. The summed E-state index contributed by atoms with van der Waals surface area (Å²) in [7, 11) is 0. The number of aromatic nitrogens is 1.